The van der Waals surface area contributed by atoms with E-state index in [1.165, 1.54) is 14.0 Å². The van der Waals surface area contributed by atoms with E-state index in [1.807, 2.05) is 0 Å². The molecule has 0 radical (unpaired) electrons. The number of benzene rings is 1. The van der Waals surface area contributed by atoms with Gasteiger partial charge in [-0.15, -0.1) is 0 Å². The average molecular weight is 237 g/mol. The minimum Gasteiger partial charge on any atom is -0.496 e. The van der Waals surface area contributed by atoms with Gasteiger partial charge in [-0.2, -0.15) is 0 Å². The van der Waals surface area contributed by atoms with Crippen molar-refractivity contribution in [2.75, 3.05) is 12.4 Å². The molecule has 5 nitrogen and oxygen atoms in total. The molecule has 0 atom stereocenters. The van der Waals surface area contributed by atoms with Crippen molar-refractivity contribution >= 4 is 17.6 Å². The molecule has 0 aliphatic rings. The van der Waals surface area contributed by atoms with E-state index in [0.717, 1.165) is 5.56 Å². The normalized spacial score (nSPS) is 9.76. The Balaban J connectivity index is 2.85. The molecule has 1 aromatic carbocycles. The molecule has 0 heterocycles. The van der Waals surface area contributed by atoms with Crippen LogP contribution in [0, 0.1) is 0 Å². The van der Waals surface area contributed by atoms with Gasteiger partial charge in [0.05, 0.1) is 7.11 Å². The number of ether oxygens (including phenoxy) is 1. The molecule has 0 aromatic heterocycles. The zero-order valence-electron chi connectivity index (χ0n) is 9.82. The van der Waals surface area contributed by atoms with E-state index in [2.05, 4.69) is 5.32 Å². The van der Waals surface area contributed by atoms with Crippen LogP contribution in [0.2, 0.25) is 0 Å². The van der Waals surface area contributed by atoms with E-state index in [1.54, 1.807) is 18.2 Å². The molecule has 17 heavy (non-hydrogen) atoms. The first-order valence-electron chi connectivity index (χ1n) is 5.19. The summed E-state index contributed by atoms with van der Waals surface area (Å²) in [5, 5.41) is 11.3. The number of aryl methyl sites for hydroxylation is 1. The molecule has 1 rings (SSSR count). The second kappa shape index (κ2) is 5.89. The Morgan fingerprint density at radius 2 is 2.12 bits per heavy atom. The number of amides is 1. The molecule has 5 heteroatoms. The van der Waals surface area contributed by atoms with Gasteiger partial charge in [-0.3, -0.25) is 9.59 Å². The number of carboxylic acid groups (broad SMARTS) is 1. The van der Waals surface area contributed by atoms with Crippen LogP contribution in [0.15, 0.2) is 18.2 Å². The van der Waals surface area contributed by atoms with Crippen LogP contribution >= 0.6 is 0 Å². The average Bonchev–Trinajstić information content (AvgIpc) is 2.26. The quantitative estimate of drug-likeness (QED) is 0.816. The van der Waals surface area contributed by atoms with E-state index in [0.29, 0.717) is 17.9 Å². The van der Waals surface area contributed by atoms with Crippen LogP contribution in [0.1, 0.15) is 18.9 Å². The van der Waals surface area contributed by atoms with E-state index in [-0.39, 0.29) is 12.3 Å². The second-order valence-corrected chi connectivity index (χ2v) is 3.60. The number of nitrogens with one attached hydrogen (secondary N) is 1. The number of carbonyl (C=O) groups is 2. The number of hydrogen-bond donors (Lipinski definition) is 2. The Bertz CT molecular complexity index is 429. The molecule has 1 aromatic rings. The zero-order chi connectivity index (χ0) is 12.8. The van der Waals surface area contributed by atoms with Gasteiger partial charge in [0.15, 0.2) is 0 Å². The fourth-order valence-corrected chi connectivity index (χ4v) is 1.47. The summed E-state index contributed by atoms with van der Waals surface area (Å²) in [4.78, 5) is 21.4. The van der Waals surface area contributed by atoms with Gasteiger partial charge in [-0.1, -0.05) is 6.07 Å². The highest BCUT2D eigenvalue weighted by Gasteiger charge is 2.07. The van der Waals surface area contributed by atoms with Crippen molar-refractivity contribution in [2.45, 2.75) is 19.8 Å². The van der Waals surface area contributed by atoms with Crippen LogP contribution < -0.4 is 10.1 Å². The van der Waals surface area contributed by atoms with E-state index in [4.69, 9.17) is 9.84 Å². The summed E-state index contributed by atoms with van der Waals surface area (Å²) in [6.45, 7) is 1.42. The van der Waals surface area contributed by atoms with Crippen LogP contribution in [-0.2, 0) is 16.0 Å². The first-order chi connectivity index (χ1) is 8.02. The molecule has 2 N–H and O–H groups in total. The number of rotatable bonds is 5. The van der Waals surface area contributed by atoms with Crippen molar-refractivity contribution in [2.24, 2.45) is 0 Å². The van der Waals surface area contributed by atoms with Crippen LogP contribution in [0.25, 0.3) is 0 Å². The lowest BCUT2D eigenvalue weighted by molar-refractivity contribution is -0.137. The highest BCUT2D eigenvalue weighted by molar-refractivity contribution is 5.88. The van der Waals surface area contributed by atoms with Crippen LogP contribution in [0.4, 0.5) is 5.69 Å². The van der Waals surface area contributed by atoms with Gasteiger partial charge >= 0.3 is 5.97 Å². The van der Waals surface area contributed by atoms with Crippen molar-refractivity contribution in [3.63, 3.8) is 0 Å². The topological polar surface area (TPSA) is 75.6 Å². The highest BCUT2D eigenvalue weighted by atomic mass is 16.5. The molecule has 0 spiro atoms. The minimum absolute atomic E-state index is 0.0514. The summed E-state index contributed by atoms with van der Waals surface area (Å²) in [6.07, 6.45) is 0.453. The number of carboxylic acids is 1. The minimum atomic E-state index is -0.849. The molecular formula is C12H15NO4. The summed E-state index contributed by atoms with van der Waals surface area (Å²) in [6, 6.07) is 5.16. The fourth-order valence-electron chi connectivity index (χ4n) is 1.47. The molecule has 0 saturated carbocycles. The molecule has 0 aliphatic carbocycles. The number of aliphatic carboxylic acids is 1. The summed E-state index contributed by atoms with van der Waals surface area (Å²) in [7, 11) is 1.51. The first-order valence-corrected chi connectivity index (χ1v) is 5.19. The largest absolute Gasteiger partial charge is 0.496 e. The predicted octanol–water partition coefficient (Wildman–Crippen LogP) is 1.67. The van der Waals surface area contributed by atoms with Crippen molar-refractivity contribution in [1.29, 1.82) is 0 Å². The summed E-state index contributed by atoms with van der Waals surface area (Å²) in [5.74, 6) is -0.430. The van der Waals surface area contributed by atoms with Crippen molar-refractivity contribution in [3.8, 4) is 5.75 Å². The molecule has 0 aliphatic heterocycles. The molecule has 0 saturated heterocycles. The fraction of sp³-hybridized carbons (Fsp3) is 0.333. The lowest BCUT2D eigenvalue weighted by Gasteiger charge is -2.10. The van der Waals surface area contributed by atoms with E-state index in [9.17, 15) is 9.59 Å². The van der Waals surface area contributed by atoms with Gasteiger partial charge in [0, 0.05) is 25.1 Å². The lowest BCUT2D eigenvalue weighted by atomic mass is 10.1. The van der Waals surface area contributed by atoms with Crippen LogP contribution in [-0.4, -0.2) is 24.1 Å². The van der Waals surface area contributed by atoms with Crippen molar-refractivity contribution < 1.29 is 19.4 Å². The third-order valence-electron chi connectivity index (χ3n) is 2.22. The number of hydrogen-bond acceptors (Lipinski definition) is 3. The number of methoxy groups -OCH3 is 1. The third kappa shape index (κ3) is 4.14. The van der Waals surface area contributed by atoms with E-state index >= 15 is 0 Å². The summed E-state index contributed by atoms with van der Waals surface area (Å²) < 4.78 is 5.16. The first kappa shape index (κ1) is 13.0. The van der Waals surface area contributed by atoms with Gasteiger partial charge in [-0.05, 0) is 18.1 Å². The Morgan fingerprint density at radius 1 is 1.41 bits per heavy atom. The van der Waals surface area contributed by atoms with Crippen molar-refractivity contribution in [1.82, 2.24) is 0 Å². The molecule has 0 unspecified atom stereocenters. The monoisotopic (exact) mass is 237 g/mol. The summed E-state index contributed by atoms with van der Waals surface area (Å²) >= 11 is 0. The SMILES string of the molecule is COc1cc(NC(C)=O)ccc1CCC(=O)O. The third-order valence-corrected chi connectivity index (χ3v) is 2.22. The Kier molecular flexibility index (Phi) is 4.51. The Hall–Kier alpha value is -2.04. The van der Waals surface area contributed by atoms with Crippen LogP contribution in [0.3, 0.4) is 0 Å². The Morgan fingerprint density at radius 3 is 2.65 bits per heavy atom. The number of anilines is 1. The van der Waals surface area contributed by atoms with Gasteiger partial charge in [0.1, 0.15) is 5.75 Å². The maximum atomic E-state index is 10.9. The lowest BCUT2D eigenvalue weighted by Crippen LogP contribution is -2.06. The van der Waals surface area contributed by atoms with Gasteiger partial charge < -0.3 is 15.2 Å². The molecule has 92 valence electrons. The zero-order valence-corrected chi connectivity index (χ0v) is 9.82. The van der Waals surface area contributed by atoms with Gasteiger partial charge in [-0.25, -0.2) is 0 Å². The standard InChI is InChI=1S/C12H15NO4/c1-8(14)13-10-5-3-9(4-6-12(15)16)11(7-10)17-2/h3,5,7H,4,6H2,1-2H3,(H,13,14)(H,15,16). The molecule has 0 bridgehead atoms. The van der Waals surface area contributed by atoms with E-state index < -0.39 is 5.97 Å². The number of carbonyl (C=O) groups excluding carboxylic acids is 1. The predicted molar refractivity (Wildman–Crippen MR) is 63.3 cm³/mol. The molecular weight excluding hydrogens is 222 g/mol. The maximum Gasteiger partial charge on any atom is 0.303 e. The van der Waals surface area contributed by atoms with Crippen LogP contribution in [0.5, 0.6) is 5.75 Å². The molecule has 0 fully saturated rings. The van der Waals surface area contributed by atoms with Gasteiger partial charge in [0.2, 0.25) is 5.91 Å². The second-order valence-electron chi connectivity index (χ2n) is 3.60. The van der Waals surface area contributed by atoms with Crippen molar-refractivity contribution in [3.05, 3.63) is 23.8 Å². The Labute approximate surface area is 99.4 Å². The summed E-state index contributed by atoms with van der Waals surface area (Å²) in [5.41, 5.74) is 1.44. The highest BCUT2D eigenvalue weighted by Crippen LogP contribution is 2.24. The molecule has 1 amide bonds. The maximum absolute atomic E-state index is 10.9. The van der Waals surface area contributed by atoms with Gasteiger partial charge in [0.25, 0.3) is 0 Å². The smallest absolute Gasteiger partial charge is 0.303 e.